The lowest BCUT2D eigenvalue weighted by atomic mass is 10.0. The molecule has 0 aromatic rings. The molecule has 0 saturated carbocycles. The molecular formula is C55H107NO5. The second kappa shape index (κ2) is 51.2. The summed E-state index contributed by atoms with van der Waals surface area (Å²) in [4.78, 5) is 24.5. The normalized spacial score (nSPS) is 12.7. The Morgan fingerprint density at radius 2 is 0.787 bits per heavy atom. The maximum Gasteiger partial charge on any atom is 0.305 e. The average Bonchev–Trinajstić information content (AvgIpc) is 3.26. The first-order chi connectivity index (χ1) is 30.0. The third kappa shape index (κ3) is 47.9. The van der Waals surface area contributed by atoms with Gasteiger partial charge in [-0.1, -0.05) is 257 Å². The van der Waals surface area contributed by atoms with Gasteiger partial charge in [0, 0.05) is 12.8 Å². The zero-order valence-electron chi connectivity index (χ0n) is 41.2. The summed E-state index contributed by atoms with van der Waals surface area (Å²) in [5.74, 6) is -0.0752. The van der Waals surface area contributed by atoms with Crippen LogP contribution in [0.4, 0.5) is 0 Å². The fraction of sp³-hybridized carbons (Fsp3) is 0.927. The lowest BCUT2D eigenvalue weighted by Gasteiger charge is -2.22. The number of amides is 1. The van der Waals surface area contributed by atoms with Crippen LogP contribution in [-0.2, 0) is 14.3 Å². The van der Waals surface area contributed by atoms with Crippen LogP contribution >= 0.6 is 0 Å². The van der Waals surface area contributed by atoms with Gasteiger partial charge in [-0.15, -0.1) is 0 Å². The summed E-state index contributed by atoms with van der Waals surface area (Å²) in [7, 11) is 0. The van der Waals surface area contributed by atoms with E-state index in [0.29, 0.717) is 25.9 Å². The first-order valence-corrected chi connectivity index (χ1v) is 27.4. The number of aliphatic hydroxyl groups is 2. The minimum absolute atomic E-state index is 0.0238. The molecule has 6 heteroatoms. The topological polar surface area (TPSA) is 95.9 Å². The summed E-state index contributed by atoms with van der Waals surface area (Å²) in [5.41, 5.74) is 0. The summed E-state index contributed by atoms with van der Waals surface area (Å²) in [6, 6.07) is -0.556. The smallest absolute Gasteiger partial charge is 0.305 e. The monoisotopic (exact) mass is 862 g/mol. The van der Waals surface area contributed by atoms with Crippen molar-refractivity contribution in [1.82, 2.24) is 5.32 Å². The van der Waals surface area contributed by atoms with Gasteiger partial charge in [-0.05, 0) is 44.9 Å². The Labute approximate surface area is 380 Å². The van der Waals surface area contributed by atoms with Crippen LogP contribution in [0.3, 0.4) is 0 Å². The van der Waals surface area contributed by atoms with Crippen molar-refractivity contribution in [2.24, 2.45) is 0 Å². The highest BCUT2D eigenvalue weighted by atomic mass is 16.5. The zero-order chi connectivity index (χ0) is 44.4. The Morgan fingerprint density at radius 3 is 1.21 bits per heavy atom. The molecule has 0 fully saturated rings. The van der Waals surface area contributed by atoms with Gasteiger partial charge in [0.05, 0.1) is 25.4 Å². The molecule has 0 rings (SSSR count). The molecule has 2 atom stereocenters. The van der Waals surface area contributed by atoms with E-state index >= 15 is 0 Å². The lowest BCUT2D eigenvalue weighted by Crippen LogP contribution is -2.45. The molecule has 362 valence electrons. The van der Waals surface area contributed by atoms with E-state index in [1.165, 1.54) is 212 Å². The van der Waals surface area contributed by atoms with Crippen molar-refractivity contribution in [3.63, 3.8) is 0 Å². The van der Waals surface area contributed by atoms with Gasteiger partial charge in [-0.2, -0.15) is 0 Å². The molecule has 0 aromatic heterocycles. The number of rotatable bonds is 51. The molecule has 0 spiro atoms. The average molecular weight is 862 g/mol. The minimum atomic E-state index is -0.677. The molecule has 0 aromatic carbocycles. The second-order valence-electron chi connectivity index (χ2n) is 18.9. The SMILES string of the molecule is CCCC/C=C\CCCCCCCC(=O)OCCCCCCCCCCCCCC(=O)NC(CO)C(O)CCCCCCCCCCCCCCCCCCCCCCCC. The van der Waals surface area contributed by atoms with Crippen LogP contribution in [0, 0.1) is 0 Å². The number of aliphatic hydroxyl groups excluding tert-OH is 2. The maximum absolute atomic E-state index is 12.5. The number of carbonyl (C=O) groups excluding carboxylic acids is 2. The number of esters is 1. The van der Waals surface area contributed by atoms with E-state index < -0.39 is 12.1 Å². The van der Waals surface area contributed by atoms with Gasteiger partial charge in [0.2, 0.25) is 5.91 Å². The van der Waals surface area contributed by atoms with Crippen molar-refractivity contribution in [2.75, 3.05) is 13.2 Å². The predicted molar refractivity (Wildman–Crippen MR) is 264 cm³/mol. The van der Waals surface area contributed by atoms with Crippen molar-refractivity contribution in [3.05, 3.63) is 12.2 Å². The Bertz CT molecular complexity index is 909. The predicted octanol–water partition coefficient (Wildman–Crippen LogP) is 16.5. The Morgan fingerprint density at radius 1 is 0.443 bits per heavy atom. The van der Waals surface area contributed by atoms with Gasteiger partial charge in [0.15, 0.2) is 0 Å². The van der Waals surface area contributed by atoms with Crippen LogP contribution in [0.2, 0.25) is 0 Å². The molecule has 3 N–H and O–H groups in total. The van der Waals surface area contributed by atoms with Gasteiger partial charge >= 0.3 is 5.97 Å². The molecular weight excluding hydrogens is 755 g/mol. The van der Waals surface area contributed by atoms with E-state index in [9.17, 15) is 19.8 Å². The van der Waals surface area contributed by atoms with E-state index in [-0.39, 0.29) is 18.5 Å². The maximum atomic E-state index is 12.5. The minimum Gasteiger partial charge on any atom is -0.466 e. The number of unbranched alkanes of at least 4 members (excludes halogenated alkanes) is 38. The molecule has 0 saturated heterocycles. The fourth-order valence-electron chi connectivity index (χ4n) is 8.56. The van der Waals surface area contributed by atoms with Gasteiger partial charge in [-0.25, -0.2) is 0 Å². The molecule has 0 radical (unpaired) electrons. The van der Waals surface area contributed by atoms with Crippen LogP contribution in [0.25, 0.3) is 0 Å². The summed E-state index contributed by atoms with van der Waals surface area (Å²) in [5, 5.41) is 23.3. The third-order valence-corrected chi connectivity index (χ3v) is 12.8. The quantitative estimate of drug-likeness (QED) is 0.0322. The second-order valence-corrected chi connectivity index (χ2v) is 18.9. The Balaban J connectivity index is 3.46. The largest absolute Gasteiger partial charge is 0.466 e. The van der Waals surface area contributed by atoms with E-state index in [1.807, 2.05) is 0 Å². The van der Waals surface area contributed by atoms with Gasteiger partial charge in [0.1, 0.15) is 0 Å². The van der Waals surface area contributed by atoms with E-state index in [2.05, 4.69) is 31.3 Å². The number of allylic oxidation sites excluding steroid dienone is 2. The molecule has 0 aliphatic carbocycles. The van der Waals surface area contributed by atoms with Crippen LogP contribution in [0.5, 0.6) is 0 Å². The Kier molecular flexibility index (Phi) is 50.1. The zero-order valence-corrected chi connectivity index (χ0v) is 41.2. The van der Waals surface area contributed by atoms with Crippen molar-refractivity contribution in [2.45, 2.75) is 315 Å². The highest BCUT2D eigenvalue weighted by Gasteiger charge is 2.20. The van der Waals surface area contributed by atoms with E-state index in [1.54, 1.807) is 0 Å². The number of nitrogens with one attached hydrogen (secondary N) is 1. The number of hydrogen-bond acceptors (Lipinski definition) is 5. The van der Waals surface area contributed by atoms with Crippen molar-refractivity contribution in [1.29, 1.82) is 0 Å². The number of hydrogen-bond donors (Lipinski definition) is 3. The fourth-order valence-corrected chi connectivity index (χ4v) is 8.56. The first-order valence-electron chi connectivity index (χ1n) is 27.4. The highest BCUT2D eigenvalue weighted by molar-refractivity contribution is 5.76. The van der Waals surface area contributed by atoms with Crippen molar-refractivity contribution in [3.8, 4) is 0 Å². The highest BCUT2D eigenvalue weighted by Crippen LogP contribution is 2.17. The molecule has 0 heterocycles. The first kappa shape index (κ1) is 59.6. The molecule has 61 heavy (non-hydrogen) atoms. The van der Waals surface area contributed by atoms with Crippen LogP contribution in [0.1, 0.15) is 303 Å². The molecule has 2 unspecified atom stereocenters. The standard InChI is InChI=1S/C55H107NO5/c1-3-5-7-9-11-13-15-16-17-18-19-20-21-22-23-24-25-28-31-35-39-43-47-53(58)52(51-57)56-54(59)48-44-40-36-32-29-26-30-34-38-42-46-50-61-55(60)49-45-41-37-33-27-14-12-10-8-6-4-2/h10,12,52-53,57-58H,3-9,11,13-51H2,1-2H3,(H,56,59)/b12-10-. The molecule has 1 amide bonds. The molecule has 0 aliphatic heterocycles. The van der Waals surface area contributed by atoms with Gasteiger partial charge < -0.3 is 20.3 Å². The van der Waals surface area contributed by atoms with Crippen molar-refractivity contribution >= 4 is 11.9 Å². The Hall–Kier alpha value is -1.40. The summed E-state index contributed by atoms with van der Waals surface area (Å²) < 4.78 is 5.44. The van der Waals surface area contributed by atoms with Gasteiger partial charge in [0.25, 0.3) is 0 Å². The molecule has 0 aliphatic rings. The number of carbonyl (C=O) groups is 2. The van der Waals surface area contributed by atoms with E-state index in [0.717, 1.165) is 57.8 Å². The van der Waals surface area contributed by atoms with Crippen molar-refractivity contribution < 1.29 is 24.5 Å². The van der Waals surface area contributed by atoms with Crippen LogP contribution < -0.4 is 5.32 Å². The molecule has 0 bridgehead atoms. The van der Waals surface area contributed by atoms with Crippen LogP contribution in [0.15, 0.2) is 12.2 Å². The lowest BCUT2D eigenvalue weighted by molar-refractivity contribution is -0.143. The summed E-state index contributed by atoms with van der Waals surface area (Å²) >= 11 is 0. The third-order valence-electron chi connectivity index (χ3n) is 12.8. The van der Waals surface area contributed by atoms with Gasteiger partial charge in [-0.3, -0.25) is 9.59 Å². The summed E-state index contributed by atoms with van der Waals surface area (Å²) in [6.45, 7) is 4.89. The number of ether oxygens (including phenoxy) is 1. The van der Waals surface area contributed by atoms with E-state index in [4.69, 9.17) is 4.74 Å². The molecule has 6 nitrogen and oxygen atoms in total. The van der Waals surface area contributed by atoms with Crippen LogP contribution in [-0.4, -0.2) is 47.4 Å². The summed E-state index contributed by atoms with van der Waals surface area (Å²) in [6.07, 6.45) is 59.0.